The number of hydrogen-bond acceptors (Lipinski definition) is 3. The molecule has 1 aromatic heterocycles. The molecule has 90 valence electrons. The molecule has 3 rings (SSSR count). The molecule has 0 aliphatic heterocycles. The Kier molecular flexibility index (Phi) is 2.81. The normalized spacial score (nSPS) is 10.8. The van der Waals surface area contributed by atoms with Crippen LogP contribution in [-0.2, 0) is 0 Å². The number of nitrogens with zero attached hydrogens (tertiary/aromatic N) is 2. The minimum Gasteiger partial charge on any atom is -0.456 e. The first-order valence-electron chi connectivity index (χ1n) is 5.16. The minimum atomic E-state index is 0.461. The van der Waals surface area contributed by atoms with Crippen LogP contribution in [0.2, 0.25) is 10.0 Å². The van der Waals surface area contributed by atoms with Gasteiger partial charge in [0.2, 0.25) is 0 Å². The zero-order chi connectivity index (χ0) is 12.5. The Morgan fingerprint density at radius 2 is 1.78 bits per heavy atom. The first-order chi connectivity index (χ1) is 8.72. The topological polar surface area (TPSA) is 50.8 Å². The first-order valence-corrected chi connectivity index (χ1v) is 5.91. The Bertz CT molecular complexity index is 711. The van der Waals surface area contributed by atoms with E-state index in [0.717, 1.165) is 11.0 Å². The van der Waals surface area contributed by atoms with Crippen LogP contribution in [-0.4, -0.2) is 15.4 Å². The van der Waals surface area contributed by atoms with E-state index in [2.05, 4.69) is 15.4 Å². The van der Waals surface area contributed by atoms with Gasteiger partial charge in [0.1, 0.15) is 22.5 Å². The molecule has 0 unspecified atom stereocenters. The second kappa shape index (κ2) is 4.48. The molecule has 0 amide bonds. The molecule has 0 bridgehead atoms. The SMILES string of the molecule is Clc1ccc(Oc2ccc3n[nH]nc3c2)c(Cl)c1. The lowest BCUT2D eigenvalue weighted by atomic mass is 10.3. The molecule has 6 heteroatoms. The average molecular weight is 280 g/mol. The number of aromatic amines is 1. The van der Waals surface area contributed by atoms with E-state index in [0.29, 0.717) is 21.5 Å². The lowest BCUT2D eigenvalue weighted by Gasteiger charge is -2.07. The van der Waals surface area contributed by atoms with Gasteiger partial charge in [-0.05, 0) is 30.3 Å². The molecule has 0 fully saturated rings. The molecule has 0 aliphatic rings. The van der Waals surface area contributed by atoms with Gasteiger partial charge in [0.05, 0.1) is 5.02 Å². The van der Waals surface area contributed by atoms with Gasteiger partial charge in [-0.25, -0.2) is 0 Å². The van der Waals surface area contributed by atoms with Gasteiger partial charge in [-0.1, -0.05) is 23.2 Å². The van der Waals surface area contributed by atoms with E-state index in [9.17, 15) is 0 Å². The number of benzene rings is 2. The smallest absolute Gasteiger partial charge is 0.146 e. The molecular formula is C12H7Cl2N3O. The number of fused-ring (bicyclic) bond motifs is 1. The Hall–Kier alpha value is -1.78. The van der Waals surface area contributed by atoms with Crippen LogP contribution in [0.25, 0.3) is 11.0 Å². The first kappa shape index (κ1) is 11.3. The fourth-order valence-corrected chi connectivity index (χ4v) is 2.02. The van der Waals surface area contributed by atoms with E-state index in [1.54, 1.807) is 30.3 Å². The quantitative estimate of drug-likeness (QED) is 0.770. The van der Waals surface area contributed by atoms with Crippen LogP contribution < -0.4 is 4.74 Å². The summed E-state index contributed by atoms with van der Waals surface area (Å²) in [6.07, 6.45) is 0. The Morgan fingerprint density at radius 1 is 0.944 bits per heavy atom. The third kappa shape index (κ3) is 2.12. The summed E-state index contributed by atoms with van der Waals surface area (Å²) < 4.78 is 5.67. The van der Waals surface area contributed by atoms with Gasteiger partial charge in [0.25, 0.3) is 0 Å². The van der Waals surface area contributed by atoms with Crippen molar-refractivity contribution in [3.63, 3.8) is 0 Å². The highest BCUT2D eigenvalue weighted by Gasteiger charge is 2.06. The fourth-order valence-electron chi connectivity index (χ4n) is 1.57. The molecule has 0 spiro atoms. The molecule has 3 aromatic rings. The maximum atomic E-state index is 6.03. The van der Waals surface area contributed by atoms with Crippen molar-refractivity contribution in [1.82, 2.24) is 15.4 Å². The van der Waals surface area contributed by atoms with Gasteiger partial charge in [-0.3, -0.25) is 0 Å². The highest BCUT2D eigenvalue weighted by Crippen LogP contribution is 2.32. The summed E-state index contributed by atoms with van der Waals surface area (Å²) in [7, 11) is 0. The van der Waals surface area contributed by atoms with Crippen molar-refractivity contribution >= 4 is 34.2 Å². The van der Waals surface area contributed by atoms with E-state index in [1.165, 1.54) is 0 Å². The second-order valence-corrected chi connectivity index (χ2v) is 4.49. The van der Waals surface area contributed by atoms with Crippen LogP contribution in [0.5, 0.6) is 11.5 Å². The van der Waals surface area contributed by atoms with Gasteiger partial charge in [-0.2, -0.15) is 15.4 Å². The van der Waals surface area contributed by atoms with Crippen molar-refractivity contribution in [2.24, 2.45) is 0 Å². The zero-order valence-electron chi connectivity index (χ0n) is 9.02. The number of rotatable bonds is 2. The molecule has 1 N–H and O–H groups in total. The summed E-state index contributed by atoms with van der Waals surface area (Å²) in [5.41, 5.74) is 1.52. The highest BCUT2D eigenvalue weighted by molar-refractivity contribution is 6.35. The van der Waals surface area contributed by atoms with Crippen molar-refractivity contribution in [3.05, 3.63) is 46.4 Å². The van der Waals surface area contributed by atoms with Gasteiger partial charge >= 0.3 is 0 Å². The number of ether oxygens (including phenoxy) is 1. The zero-order valence-corrected chi connectivity index (χ0v) is 10.5. The number of halogens is 2. The number of nitrogens with one attached hydrogen (secondary N) is 1. The third-order valence-corrected chi connectivity index (χ3v) is 2.94. The summed E-state index contributed by atoms with van der Waals surface area (Å²) in [4.78, 5) is 0. The average Bonchev–Trinajstić information content (AvgIpc) is 2.80. The monoisotopic (exact) mass is 279 g/mol. The fraction of sp³-hybridized carbons (Fsp3) is 0. The van der Waals surface area contributed by atoms with Gasteiger partial charge in [0.15, 0.2) is 0 Å². The van der Waals surface area contributed by atoms with Gasteiger partial charge < -0.3 is 4.74 Å². The van der Waals surface area contributed by atoms with Crippen LogP contribution >= 0.6 is 23.2 Å². The lowest BCUT2D eigenvalue weighted by molar-refractivity contribution is 0.483. The maximum absolute atomic E-state index is 6.03. The van der Waals surface area contributed by atoms with E-state index >= 15 is 0 Å². The Balaban J connectivity index is 1.95. The van der Waals surface area contributed by atoms with Gasteiger partial charge in [0, 0.05) is 11.1 Å². The molecule has 18 heavy (non-hydrogen) atoms. The van der Waals surface area contributed by atoms with E-state index in [4.69, 9.17) is 27.9 Å². The van der Waals surface area contributed by atoms with E-state index in [-0.39, 0.29) is 0 Å². The standard InChI is InChI=1S/C12H7Cl2N3O/c13-7-1-4-12(9(14)5-7)18-8-2-3-10-11(6-8)16-17-15-10/h1-6H,(H,15,16,17). The molecular weight excluding hydrogens is 273 g/mol. The molecule has 2 aromatic carbocycles. The van der Waals surface area contributed by atoms with Crippen LogP contribution in [0.4, 0.5) is 0 Å². The maximum Gasteiger partial charge on any atom is 0.146 e. The lowest BCUT2D eigenvalue weighted by Crippen LogP contribution is -1.85. The summed E-state index contributed by atoms with van der Waals surface area (Å²) in [6.45, 7) is 0. The van der Waals surface area contributed by atoms with Crippen molar-refractivity contribution in [2.75, 3.05) is 0 Å². The number of H-pyrrole nitrogens is 1. The highest BCUT2D eigenvalue weighted by atomic mass is 35.5. The Labute approximate surface area is 112 Å². The van der Waals surface area contributed by atoms with E-state index in [1.807, 2.05) is 6.07 Å². The van der Waals surface area contributed by atoms with Crippen LogP contribution in [0.15, 0.2) is 36.4 Å². The van der Waals surface area contributed by atoms with E-state index < -0.39 is 0 Å². The molecule has 0 radical (unpaired) electrons. The minimum absolute atomic E-state index is 0.461. The summed E-state index contributed by atoms with van der Waals surface area (Å²) in [5.74, 6) is 1.18. The summed E-state index contributed by atoms with van der Waals surface area (Å²) in [5, 5.41) is 11.5. The number of aromatic nitrogens is 3. The number of hydrogen-bond donors (Lipinski definition) is 1. The van der Waals surface area contributed by atoms with Crippen molar-refractivity contribution in [1.29, 1.82) is 0 Å². The van der Waals surface area contributed by atoms with Crippen LogP contribution in [0.1, 0.15) is 0 Å². The van der Waals surface area contributed by atoms with Crippen LogP contribution in [0.3, 0.4) is 0 Å². The van der Waals surface area contributed by atoms with Crippen molar-refractivity contribution in [2.45, 2.75) is 0 Å². The van der Waals surface area contributed by atoms with Crippen molar-refractivity contribution < 1.29 is 4.74 Å². The largest absolute Gasteiger partial charge is 0.456 e. The third-order valence-electron chi connectivity index (χ3n) is 2.41. The van der Waals surface area contributed by atoms with Crippen molar-refractivity contribution in [3.8, 4) is 11.5 Å². The Morgan fingerprint density at radius 3 is 2.61 bits per heavy atom. The predicted molar refractivity (Wildman–Crippen MR) is 70.4 cm³/mol. The molecule has 1 heterocycles. The summed E-state index contributed by atoms with van der Waals surface area (Å²) >= 11 is 11.9. The molecule has 0 saturated carbocycles. The molecule has 0 aliphatic carbocycles. The predicted octanol–water partition coefficient (Wildman–Crippen LogP) is 4.06. The summed E-state index contributed by atoms with van der Waals surface area (Å²) in [6, 6.07) is 10.5. The van der Waals surface area contributed by atoms with Gasteiger partial charge in [-0.15, -0.1) is 0 Å². The molecule has 4 nitrogen and oxygen atoms in total. The molecule has 0 saturated heterocycles. The second-order valence-electron chi connectivity index (χ2n) is 3.65. The van der Waals surface area contributed by atoms with Crippen LogP contribution in [0, 0.1) is 0 Å². The molecule has 0 atom stereocenters.